The number of nitrogens with zero attached hydrogens (tertiary/aromatic N) is 1. The van der Waals surface area contributed by atoms with Crippen molar-refractivity contribution < 1.29 is 18.4 Å². The number of unbranched alkanes of at least 4 members (excludes halogenated alkanes) is 4. The Morgan fingerprint density at radius 2 is 0.608 bits per heavy atom. The van der Waals surface area contributed by atoms with E-state index in [1.807, 2.05) is 36.4 Å². The highest BCUT2D eigenvalue weighted by Crippen LogP contribution is 2.28. The molecular weight excluding hydrogens is 625 g/mol. The van der Waals surface area contributed by atoms with Crippen molar-refractivity contribution in [2.24, 2.45) is 0 Å². The van der Waals surface area contributed by atoms with Crippen LogP contribution in [0, 0.1) is 0 Å². The minimum atomic E-state index is -0.929. The van der Waals surface area contributed by atoms with Crippen molar-refractivity contribution in [3.05, 3.63) is 89.5 Å². The molecule has 0 spiro atoms. The van der Waals surface area contributed by atoms with Gasteiger partial charge < -0.3 is 18.4 Å². The van der Waals surface area contributed by atoms with Crippen molar-refractivity contribution >= 4 is 7.32 Å². The third kappa shape index (κ3) is 16.1. The standard InChI is InChI=1S/C30H39BO3.C16H36N/c1-28(2,3)22-10-16-25(17-11-22)32-31(33-26-18-12-23(13-19-26)29(4,5)6)34-27-20-14-24(15-21-27)30(7,8)9;1-5-9-13-17(14-10-6-2,15-11-7-3)16-12-8-4/h10-21H,1-9H3;5-16H2,1-4H3/q;+1. The van der Waals surface area contributed by atoms with Gasteiger partial charge in [-0.15, -0.1) is 0 Å². The molecule has 0 fully saturated rings. The highest BCUT2D eigenvalue weighted by atomic mass is 16.7. The SMILES string of the molecule is CC(C)(C)c1ccc(OB(Oc2ccc(C(C)(C)C)cc2)Oc2ccc(C(C)(C)C)cc2)cc1.CCCC[N+](CCCC)(CCCC)CCCC. The van der Waals surface area contributed by atoms with E-state index in [1.54, 1.807) is 0 Å². The lowest BCUT2D eigenvalue weighted by molar-refractivity contribution is -0.929. The fourth-order valence-corrected chi connectivity index (χ4v) is 6.15. The number of benzene rings is 3. The van der Waals surface area contributed by atoms with Crippen LogP contribution in [-0.4, -0.2) is 38.0 Å². The molecule has 51 heavy (non-hydrogen) atoms. The van der Waals surface area contributed by atoms with Crippen molar-refractivity contribution in [2.45, 2.75) is 158 Å². The van der Waals surface area contributed by atoms with Crippen LogP contribution in [0.25, 0.3) is 0 Å². The van der Waals surface area contributed by atoms with Crippen molar-refractivity contribution in [1.29, 1.82) is 0 Å². The molecule has 0 aromatic heterocycles. The Morgan fingerprint density at radius 1 is 0.392 bits per heavy atom. The smallest absolute Gasteiger partial charge is 0.490 e. The molecule has 3 aromatic rings. The van der Waals surface area contributed by atoms with E-state index in [9.17, 15) is 0 Å². The molecule has 0 aliphatic rings. The quantitative estimate of drug-likeness (QED) is 0.0977. The summed E-state index contributed by atoms with van der Waals surface area (Å²) in [5.74, 6) is 2.07. The van der Waals surface area contributed by atoms with Crippen LogP contribution in [0.3, 0.4) is 0 Å². The van der Waals surface area contributed by atoms with E-state index in [-0.39, 0.29) is 16.2 Å². The summed E-state index contributed by atoms with van der Waals surface area (Å²) < 4.78 is 19.8. The molecule has 4 nitrogen and oxygen atoms in total. The Bertz CT molecular complexity index is 1170. The normalized spacial score (nSPS) is 12.2. The van der Waals surface area contributed by atoms with Crippen LogP contribution < -0.4 is 14.0 Å². The number of rotatable bonds is 18. The molecule has 0 saturated heterocycles. The van der Waals surface area contributed by atoms with Gasteiger partial charge in [0.2, 0.25) is 0 Å². The average Bonchev–Trinajstić information content (AvgIpc) is 3.07. The third-order valence-electron chi connectivity index (χ3n) is 9.80. The lowest BCUT2D eigenvalue weighted by atomic mass is 9.87. The van der Waals surface area contributed by atoms with Gasteiger partial charge in [0.25, 0.3) is 0 Å². The monoisotopic (exact) mass is 701 g/mol. The first-order valence-electron chi connectivity index (χ1n) is 20.1. The van der Waals surface area contributed by atoms with Gasteiger partial charge in [-0.05, 0) is 95.0 Å². The van der Waals surface area contributed by atoms with Crippen LogP contribution in [0.2, 0.25) is 0 Å². The summed E-state index contributed by atoms with van der Waals surface area (Å²) >= 11 is 0. The van der Waals surface area contributed by atoms with Crippen LogP contribution in [0.1, 0.15) is 158 Å². The molecule has 3 rings (SSSR count). The second kappa shape index (κ2) is 21.0. The van der Waals surface area contributed by atoms with E-state index >= 15 is 0 Å². The molecule has 0 bridgehead atoms. The van der Waals surface area contributed by atoms with Crippen molar-refractivity contribution in [3.8, 4) is 17.2 Å². The lowest BCUT2D eigenvalue weighted by Gasteiger charge is -2.39. The second-order valence-electron chi connectivity index (χ2n) is 17.6. The van der Waals surface area contributed by atoms with Crippen molar-refractivity contribution in [3.63, 3.8) is 0 Å². The molecule has 0 aliphatic heterocycles. The first-order valence-corrected chi connectivity index (χ1v) is 20.1. The van der Waals surface area contributed by atoms with E-state index in [2.05, 4.69) is 126 Å². The Kier molecular flexibility index (Phi) is 18.2. The van der Waals surface area contributed by atoms with Gasteiger partial charge in [-0.1, -0.05) is 152 Å². The number of hydrogen-bond donors (Lipinski definition) is 0. The minimum Gasteiger partial charge on any atom is -0.490 e. The molecule has 284 valence electrons. The number of quaternary nitrogens is 1. The van der Waals surface area contributed by atoms with Gasteiger partial charge in [0.05, 0.1) is 26.2 Å². The summed E-state index contributed by atoms with van der Waals surface area (Å²) in [5.41, 5.74) is 3.97. The van der Waals surface area contributed by atoms with Crippen LogP contribution >= 0.6 is 0 Å². The Labute approximate surface area is 315 Å². The Balaban J connectivity index is 0.000000449. The summed E-state index contributed by atoms with van der Waals surface area (Å²) in [6.07, 6.45) is 11.1. The van der Waals surface area contributed by atoms with Gasteiger partial charge in [0.1, 0.15) is 17.2 Å². The fourth-order valence-electron chi connectivity index (χ4n) is 6.15. The molecule has 5 heteroatoms. The maximum Gasteiger partial charge on any atom is 0.864 e. The zero-order valence-corrected chi connectivity index (χ0v) is 35.2. The van der Waals surface area contributed by atoms with E-state index in [0.29, 0.717) is 17.2 Å². The van der Waals surface area contributed by atoms with E-state index in [1.165, 1.54) is 98.7 Å². The minimum absolute atomic E-state index is 0.0779. The first kappa shape index (κ1) is 44.2. The van der Waals surface area contributed by atoms with Gasteiger partial charge in [-0.3, -0.25) is 0 Å². The summed E-state index contributed by atoms with van der Waals surface area (Å²) in [4.78, 5) is 0. The highest BCUT2D eigenvalue weighted by molar-refractivity contribution is 6.39. The van der Waals surface area contributed by atoms with E-state index in [0.717, 1.165) is 0 Å². The van der Waals surface area contributed by atoms with Gasteiger partial charge in [-0.2, -0.15) is 0 Å². The topological polar surface area (TPSA) is 27.7 Å². The third-order valence-corrected chi connectivity index (χ3v) is 9.80. The fraction of sp³-hybridized carbons (Fsp3) is 0.609. The maximum absolute atomic E-state index is 6.14. The Hall–Kier alpha value is -2.92. The predicted octanol–water partition coefficient (Wildman–Crippen LogP) is 13.1. The number of hydrogen-bond acceptors (Lipinski definition) is 3. The molecule has 3 aromatic carbocycles. The maximum atomic E-state index is 6.14. The summed E-state index contributed by atoms with van der Waals surface area (Å²) in [5, 5.41) is 0. The van der Waals surface area contributed by atoms with Crippen LogP contribution in [0.4, 0.5) is 0 Å². The van der Waals surface area contributed by atoms with Gasteiger partial charge in [-0.25, -0.2) is 0 Å². The van der Waals surface area contributed by atoms with Crippen molar-refractivity contribution in [2.75, 3.05) is 26.2 Å². The molecule has 0 saturated carbocycles. The predicted molar refractivity (Wildman–Crippen MR) is 222 cm³/mol. The molecule has 0 atom stereocenters. The molecule has 0 amide bonds. The van der Waals surface area contributed by atoms with Crippen molar-refractivity contribution in [1.82, 2.24) is 0 Å². The highest BCUT2D eigenvalue weighted by Gasteiger charge is 2.31. The summed E-state index contributed by atoms with van der Waals surface area (Å²) in [6.45, 7) is 34.8. The molecule has 0 N–H and O–H groups in total. The van der Waals surface area contributed by atoms with Crippen LogP contribution in [0.5, 0.6) is 17.2 Å². The zero-order chi connectivity index (χ0) is 38.1. The molecule has 0 aliphatic carbocycles. The van der Waals surface area contributed by atoms with E-state index < -0.39 is 7.32 Å². The molecular formula is C46H75BNO3+. The average molecular weight is 701 g/mol. The van der Waals surface area contributed by atoms with Crippen LogP contribution in [0.15, 0.2) is 72.8 Å². The zero-order valence-electron chi connectivity index (χ0n) is 35.2. The second-order valence-corrected chi connectivity index (χ2v) is 17.6. The lowest BCUT2D eigenvalue weighted by Crippen LogP contribution is -2.50. The Morgan fingerprint density at radius 3 is 0.784 bits per heavy atom. The van der Waals surface area contributed by atoms with Gasteiger partial charge in [0.15, 0.2) is 0 Å². The van der Waals surface area contributed by atoms with Crippen LogP contribution in [-0.2, 0) is 16.2 Å². The molecule has 0 unspecified atom stereocenters. The first-order chi connectivity index (χ1) is 24.0. The van der Waals surface area contributed by atoms with Gasteiger partial charge in [0, 0.05) is 0 Å². The van der Waals surface area contributed by atoms with E-state index in [4.69, 9.17) is 14.0 Å². The molecule has 0 radical (unpaired) electrons. The largest absolute Gasteiger partial charge is 0.864 e. The van der Waals surface area contributed by atoms with Gasteiger partial charge >= 0.3 is 7.32 Å². The summed E-state index contributed by atoms with van der Waals surface area (Å²) in [6, 6.07) is 24.3. The summed E-state index contributed by atoms with van der Waals surface area (Å²) in [7, 11) is -0.929. The molecule has 0 heterocycles.